The van der Waals surface area contributed by atoms with E-state index in [1.807, 2.05) is 32.6 Å². The Labute approximate surface area is 262 Å². The molecule has 0 radical (unpaired) electrons. The van der Waals surface area contributed by atoms with Crippen molar-refractivity contribution in [3.63, 3.8) is 0 Å². The van der Waals surface area contributed by atoms with Crippen molar-refractivity contribution in [2.75, 3.05) is 18.0 Å². The van der Waals surface area contributed by atoms with E-state index in [2.05, 4.69) is 26.9 Å². The van der Waals surface area contributed by atoms with Crippen LogP contribution in [0, 0.1) is 11.6 Å². The van der Waals surface area contributed by atoms with E-state index >= 15 is 8.78 Å². The van der Waals surface area contributed by atoms with Gasteiger partial charge in [-0.3, -0.25) is 9.78 Å². The van der Waals surface area contributed by atoms with Crippen LogP contribution in [-0.4, -0.2) is 70.5 Å². The second kappa shape index (κ2) is 10.9. The number of pyridine rings is 2. The molecular weight excluding hydrogens is 592 g/mol. The van der Waals surface area contributed by atoms with Gasteiger partial charge in [0.25, 0.3) is 0 Å². The summed E-state index contributed by atoms with van der Waals surface area (Å²) in [6.45, 7) is 12.2. The number of carbonyl (C=O) groups is 1. The number of amides is 1. The zero-order valence-corrected chi connectivity index (χ0v) is 25.8. The van der Waals surface area contributed by atoms with Crippen molar-refractivity contribution in [2.45, 2.75) is 52.2 Å². The highest BCUT2D eigenvalue weighted by atomic mass is 19.1. The minimum Gasteiger partial charge on any atom is -0.349 e. The second-order valence-electron chi connectivity index (χ2n) is 12.1. The molecule has 2 aliphatic rings. The molecule has 6 heterocycles. The highest BCUT2D eigenvalue weighted by molar-refractivity contribution is 5.93. The fraction of sp³-hybridized carbons (Fsp3) is 0.303. The molecule has 0 saturated carbocycles. The number of rotatable bonds is 3. The van der Waals surface area contributed by atoms with Crippen LogP contribution in [0.25, 0.3) is 39.2 Å². The lowest BCUT2D eigenvalue weighted by Crippen LogP contribution is -2.58. The molecule has 0 unspecified atom stereocenters. The Morgan fingerprint density at radius 2 is 1.89 bits per heavy atom. The smallest absolute Gasteiger partial charge is 0.349 e. The molecule has 0 N–H and O–H groups in total. The van der Waals surface area contributed by atoms with Gasteiger partial charge >= 0.3 is 5.69 Å². The molecule has 4 aromatic heterocycles. The number of anilines is 1. The van der Waals surface area contributed by atoms with Crippen molar-refractivity contribution in [3.8, 4) is 28.2 Å². The zero-order chi connectivity index (χ0) is 32.4. The molecule has 2 atom stereocenters. The molecule has 1 amide bonds. The van der Waals surface area contributed by atoms with Gasteiger partial charge in [0.15, 0.2) is 11.5 Å². The first-order valence-corrected chi connectivity index (χ1v) is 15.1. The number of nitrogens with zero attached hydrogens (tertiary/aromatic N) is 9. The first-order chi connectivity index (χ1) is 22.1. The van der Waals surface area contributed by atoms with E-state index in [0.29, 0.717) is 41.3 Å². The molecule has 1 aromatic carbocycles. The molecule has 13 heteroatoms. The van der Waals surface area contributed by atoms with Gasteiger partial charge in [-0.15, -0.1) is 5.10 Å². The summed E-state index contributed by atoms with van der Waals surface area (Å²) in [5, 5.41) is 8.62. The Bertz CT molecular complexity index is 2120. The largest absolute Gasteiger partial charge is 0.355 e. The number of hydrogen-bond donors (Lipinski definition) is 0. The quantitative estimate of drug-likeness (QED) is 0.265. The Morgan fingerprint density at radius 1 is 1.09 bits per heavy atom. The predicted octanol–water partition coefficient (Wildman–Crippen LogP) is 4.48. The third kappa shape index (κ3) is 4.48. The van der Waals surface area contributed by atoms with Crippen molar-refractivity contribution < 1.29 is 13.6 Å². The third-order valence-corrected chi connectivity index (χ3v) is 8.79. The maximum atomic E-state index is 16.4. The number of piperazine rings is 1. The van der Waals surface area contributed by atoms with E-state index in [1.165, 1.54) is 35.0 Å². The molecule has 11 nitrogen and oxygen atoms in total. The van der Waals surface area contributed by atoms with Crippen LogP contribution in [0.15, 0.2) is 60.2 Å². The molecule has 46 heavy (non-hydrogen) atoms. The minimum atomic E-state index is -0.790. The van der Waals surface area contributed by atoms with E-state index in [4.69, 9.17) is 4.98 Å². The molecule has 234 valence electrons. The fourth-order valence-corrected chi connectivity index (χ4v) is 6.59. The van der Waals surface area contributed by atoms with Gasteiger partial charge in [0.1, 0.15) is 17.3 Å². The summed E-state index contributed by atoms with van der Waals surface area (Å²) in [5.74, 6) is -1.57. The summed E-state index contributed by atoms with van der Waals surface area (Å²) < 4.78 is 35.1. The van der Waals surface area contributed by atoms with E-state index in [-0.39, 0.29) is 58.6 Å². The normalized spacial score (nSPS) is 17.5. The van der Waals surface area contributed by atoms with Crippen LogP contribution in [0.2, 0.25) is 0 Å². The minimum absolute atomic E-state index is 0.0745. The molecule has 5 aromatic rings. The third-order valence-electron chi connectivity index (χ3n) is 8.79. The monoisotopic (exact) mass is 623 g/mol. The molecule has 2 bridgehead atoms. The van der Waals surface area contributed by atoms with Crippen LogP contribution in [0.1, 0.15) is 44.9 Å². The van der Waals surface area contributed by atoms with Crippen LogP contribution in [0.3, 0.4) is 0 Å². The average molecular weight is 624 g/mol. The molecule has 0 aliphatic carbocycles. The fourth-order valence-electron chi connectivity index (χ4n) is 6.59. The van der Waals surface area contributed by atoms with Crippen LogP contribution in [0.4, 0.5) is 14.6 Å². The lowest BCUT2D eigenvalue weighted by molar-refractivity contribution is -0.128. The maximum Gasteiger partial charge on any atom is 0.355 e. The lowest BCUT2D eigenvalue weighted by atomic mass is 9.99. The van der Waals surface area contributed by atoms with Crippen LogP contribution >= 0.6 is 0 Å². The first kappa shape index (κ1) is 29.4. The van der Waals surface area contributed by atoms with Crippen molar-refractivity contribution >= 4 is 22.8 Å². The number of aromatic nitrogens is 7. The number of hydrogen-bond acceptors (Lipinski definition) is 8. The molecule has 7 rings (SSSR count). The van der Waals surface area contributed by atoms with E-state index < -0.39 is 17.3 Å². The van der Waals surface area contributed by atoms with Gasteiger partial charge in [-0.25, -0.2) is 27.8 Å². The Kier molecular flexibility index (Phi) is 6.98. The van der Waals surface area contributed by atoms with E-state index in [0.717, 1.165) is 0 Å². The topological polar surface area (TPSA) is 115 Å². The summed E-state index contributed by atoms with van der Waals surface area (Å²) in [6.07, 6.45) is 4.44. The molecule has 0 spiro atoms. The Balaban J connectivity index is 1.59. The Hall–Kier alpha value is -5.33. The van der Waals surface area contributed by atoms with Gasteiger partial charge in [-0.1, -0.05) is 37.8 Å². The lowest BCUT2D eigenvalue weighted by Gasteiger charge is -2.44. The van der Waals surface area contributed by atoms with Gasteiger partial charge in [0.05, 0.1) is 35.2 Å². The molecular formula is C33H31F2N9O2. The second-order valence-corrected chi connectivity index (χ2v) is 12.1. The average Bonchev–Trinajstić information content (AvgIpc) is 3.48. The van der Waals surface area contributed by atoms with Crippen molar-refractivity contribution in [2.24, 2.45) is 0 Å². The molecule has 1 saturated heterocycles. The molecule has 1 fully saturated rings. The van der Waals surface area contributed by atoms with Gasteiger partial charge < -0.3 is 9.80 Å². The number of benzene rings is 1. The highest BCUT2D eigenvalue weighted by Crippen LogP contribution is 2.39. The van der Waals surface area contributed by atoms with E-state index in [9.17, 15) is 9.59 Å². The van der Waals surface area contributed by atoms with Crippen molar-refractivity contribution in [3.05, 3.63) is 88.8 Å². The number of halogens is 2. The van der Waals surface area contributed by atoms with Crippen LogP contribution in [-0.2, 0) is 11.3 Å². The molecule has 2 aliphatic heterocycles. The van der Waals surface area contributed by atoms with Crippen LogP contribution in [0.5, 0.6) is 0 Å². The zero-order valence-electron chi connectivity index (χ0n) is 25.8. The summed E-state index contributed by atoms with van der Waals surface area (Å²) >= 11 is 0. The summed E-state index contributed by atoms with van der Waals surface area (Å²) in [6, 6.07) is 6.97. The summed E-state index contributed by atoms with van der Waals surface area (Å²) in [7, 11) is 0. The van der Waals surface area contributed by atoms with Crippen LogP contribution < -0.4 is 10.6 Å². The van der Waals surface area contributed by atoms with Gasteiger partial charge in [-0.05, 0) is 44.0 Å². The summed E-state index contributed by atoms with van der Waals surface area (Å²) in [4.78, 5) is 44.4. The number of fused-ring (bicyclic) bond motifs is 7. The Morgan fingerprint density at radius 3 is 2.65 bits per heavy atom. The van der Waals surface area contributed by atoms with Gasteiger partial charge in [0.2, 0.25) is 5.91 Å². The first-order valence-electron chi connectivity index (χ1n) is 15.1. The van der Waals surface area contributed by atoms with E-state index in [1.54, 1.807) is 27.9 Å². The van der Waals surface area contributed by atoms with Crippen molar-refractivity contribution in [1.82, 2.24) is 39.4 Å². The van der Waals surface area contributed by atoms with Crippen molar-refractivity contribution in [1.29, 1.82) is 0 Å². The van der Waals surface area contributed by atoms with Gasteiger partial charge in [0, 0.05) is 48.1 Å². The maximum absolute atomic E-state index is 16.4. The SMILES string of the molecule is C=CC(=O)N1C[C@H](C)N(c2nc(=O)n3c4nc(c(F)cc24)-c2c(F)cccc2-c2cnnn2Cc2ccnc(C(C)C)c2-3)C[C@H]1C. The van der Waals surface area contributed by atoms with Gasteiger partial charge in [-0.2, -0.15) is 4.98 Å². The predicted molar refractivity (Wildman–Crippen MR) is 169 cm³/mol. The number of carbonyl (C=O) groups excluding carboxylic acids is 1. The highest BCUT2D eigenvalue weighted by Gasteiger charge is 2.35. The standard InChI is InChI=1S/C33H31F2N9O2/c1-6-26(45)41-14-19(5)42(15-18(41)4)31-22-12-24(35)29-27-21(8-7-9-23(27)34)25-13-37-40-43(25)16-20-10-11-36-28(17(2)3)30(20)44(32(22)38-29)33(46)39-31/h6-13,17-19H,1,14-16H2,2-5H3/t18-,19+/m1/s1. The summed E-state index contributed by atoms with van der Waals surface area (Å²) in [5.41, 5.74) is 1.66.